The van der Waals surface area contributed by atoms with Gasteiger partial charge >= 0.3 is 0 Å². The summed E-state index contributed by atoms with van der Waals surface area (Å²) in [6.07, 6.45) is 0. The number of benzene rings is 1. The minimum Gasteiger partial charge on any atom is -0.410 e. The van der Waals surface area contributed by atoms with Crippen molar-refractivity contribution in [2.24, 2.45) is 5.16 Å². The number of hydrogen-bond donors (Lipinski definition) is 1. The largest absolute Gasteiger partial charge is 0.410 e. The Hall–Kier alpha value is -2.12. The summed E-state index contributed by atoms with van der Waals surface area (Å²) in [6, 6.07) is 9.49. The molecule has 2 rings (SSSR count). The predicted molar refractivity (Wildman–Crippen MR) is 73.8 cm³/mol. The summed E-state index contributed by atoms with van der Waals surface area (Å²) in [6.45, 7) is 0.979. The number of halogens is 1. The first-order valence-corrected chi connectivity index (χ1v) is 6.17. The lowest BCUT2D eigenvalue weighted by Gasteiger charge is -2.21. The second-order valence-electron chi connectivity index (χ2n) is 3.81. The van der Waals surface area contributed by atoms with Crippen molar-refractivity contribution in [3.8, 4) is 0 Å². The number of methoxy groups -OCH3 is 1. The van der Waals surface area contributed by atoms with Crippen LogP contribution in [0.4, 0.5) is 11.5 Å². The van der Waals surface area contributed by atoms with Crippen LogP contribution in [0.1, 0.15) is 5.69 Å². The maximum Gasteiger partial charge on any atom is 0.208 e. The lowest BCUT2D eigenvalue weighted by atomic mass is 10.2. The Labute approximate surface area is 120 Å². The molecule has 0 amide bonds. The topological polar surface area (TPSA) is 84.0 Å². The van der Waals surface area contributed by atoms with Gasteiger partial charge in [0.05, 0.1) is 6.61 Å². The Kier molecular flexibility index (Phi) is 4.91. The van der Waals surface area contributed by atoms with Crippen LogP contribution in [-0.2, 0) is 4.74 Å². The van der Waals surface area contributed by atoms with E-state index in [1.165, 1.54) is 0 Å². The molecule has 0 bridgehead atoms. The number of nitrogens with zero attached hydrogens (tertiary/aromatic N) is 4. The molecule has 1 heterocycles. The summed E-state index contributed by atoms with van der Waals surface area (Å²) in [4.78, 5) is 1.81. The van der Waals surface area contributed by atoms with Gasteiger partial charge < -0.3 is 14.8 Å². The second kappa shape index (κ2) is 6.88. The van der Waals surface area contributed by atoms with E-state index in [0.29, 0.717) is 19.0 Å². The molecule has 1 N–H and O–H groups in total. The fourth-order valence-electron chi connectivity index (χ4n) is 1.69. The van der Waals surface area contributed by atoms with Gasteiger partial charge in [-0.25, -0.2) is 4.63 Å². The minimum absolute atomic E-state index is 0.161. The highest BCUT2D eigenvalue weighted by Gasteiger charge is 2.22. The quantitative estimate of drug-likeness (QED) is 0.500. The van der Waals surface area contributed by atoms with Crippen LogP contribution in [0, 0.1) is 0 Å². The molecular weight excluding hydrogens is 284 g/mol. The molecule has 0 aliphatic carbocycles. The number of aromatic nitrogens is 2. The lowest BCUT2D eigenvalue weighted by molar-refractivity contribution is 0.207. The first-order chi connectivity index (χ1) is 9.77. The first kappa shape index (κ1) is 14.3. The van der Waals surface area contributed by atoms with Gasteiger partial charge in [-0.15, -0.1) is 0 Å². The van der Waals surface area contributed by atoms with Crippen LogP contribution in [0.2, 0.25) is 0 Å². The summed E-state index contributed by atoms with van der Waals surface area (Å²) in [5.41, 5.74) is 1.03. The van der Waals surface area contributed by atoms with Crippen molar-refractivity contribution >= 4 is 28.3 Å². The Bertz CT molecular complexity index is 573. The van der Waals surface area contributed by atoms with Crippen molar-refractivity contribution in [1.82, 2.24) is 10.3 Å². The van der Waals surface area contributed by atoms with Gasteiger partial charge in [-0.05, 0) is 22.4 Å². The van der Waals surface area contributed by atoms with Gasteiger partial charge in [0, 0.05) is 19.3 Å². The third kappa shape index (κ3) is 3.06. The highest BCUT2D eigenvalue weighted by atomic mass is 35.5. The van der Waals surface area contributed by atoms with Crippen LogP contribution in [0.3, 0.4) is 0 Å². The molecule has 1 aromatic carbocycles. The van der Waals surface area contributed by atoms with Gasteiger partial charge in [-0.3, -0.25) is 0 Å². The van der Waals surface area contributed by atoms with Crippen molar-refractivity contribution < 1.29 is 14.6 Å². The second-order valence-corrected chi connectivity index (χ2v) is 4.17. The van der Waals surface area contributed by atoms with Crippen LogP contribution in [0.25, 0.3) is 0 Å². The Morgan fingerprint density at radius 1 is 1.40 bits per heavy atom. The maximum absolute atomic E-state index is 8.76. The highest BCUT2D eigenvalue weighted by Crippen LogP contribution is 2.26. The molecule has 1 aromatic heterocycles. The van der Waals surface area contributed by atoms with Gasteiger partial charge in [0.2, 0.25) is 11.0 Å². The van der Waals surface area contributed by atoms with Crippen molar-refractivity contribution in [3.63, 3.8) is 0 Å². The molecule has 0 unspecified atom stereocenters. The lowest BCUT2D eigenvalue weighted by Crippen LogP contribution is -2.23. The van der Waals surface area contributed by atoms with E-state index in [9.17, 15) is 0 Å². The molecule has 8 heteroatoms. The molecule has 0 radical (unpaired) electrons. The van der Waals surface area contributed by atoms with Gasteiger partial charge in [-0.2, -0.15) is 0 Å². The molecule has 0 aliphatic heterocycles. The molecule has 2 aromatic rings. The molecule has 106 valence electrons. The average molecular weight is 297 g/mol. The normalized spacial score (nSPS) is 11.6. The van der Waals surface area contributed by atoms with Crippen LogP contribution in [-0.4, -0.2) is 41.0 Å². The number of anilines is 2. The molecule has 0 saturated carbocycles. The van der Waals surface area contributed by atoms with E-state index in [4.69, 9.17) is 26.2 Å². The van der Waals surface area contributed by atoms with E-state index in [1.54, 1.807) is 7.11 Å². The third-order valence-electron chi connectivity index (χ3n) is 2.60. The van der Waals surface area contributed by atoms with Crippen LogP contribution in [0.5, 0.6) is 0 Å². The summed E-state index contributed by atoms with van der Waals surface area (Å²) in [7, 11) is 1.60. The summed E-state index contributed by atoms with van der Waals surface area (Å²) in [5, 5.41) is 19.0. The van der Waals surface area contributed by atoms with Gasteiger partial charge in [0.1, 0.15) is 0 Å². The van der Waals surface area contributed by atoms with E-state index < -0.39 is 0 Å². The highest BCUT2D eigenvalue weighted by molar-refractivity contribution is 6.69. The molecular formula is C12H13ClN4O3. The van der Waals surface area contributed by atoms with Crippen LogP contribution >= 0.6 is 11.6 Å². The smallest absolute Gasteiger partial charge is 0.208 e. The van der Waals surface area contributed by atoms with Crippen molar-refractivity contribution in [1.29, 1.82) is 0 Å². The molecule has 0 atom stereocenters. The number of para-hydroxylation sites is 1. The van der Waals surface area contributed by atoms with Gasteiger partial charge in [-0.1, -0.05) is 35.0 Å². The molecule has 0 fully saturated rings. The fraction of sp³-hybridized carbons (Fsp3) is 0.250. The first-order valence-electron chi connectivity index (χ1n) is 5.80. The zero-order valence-corrected chi connectivity index (χ0v) is 11.5. The van der Waals surface area contributed by atoms with Gasteiger partial charge in [0.25, 0.3) is 0 Å². The molecule has 0 aliphatic rings. The number of oxime groups is 1. The zero-order chi connectivity index (χ0) is 14.4. The maximum atomic E-state index is 8.76. The van der Waals surface area contributed by atoms with E-state index in [1.807, 2.05) is 35.2 Å². The van der Waals surface area contributed by atoms with Crippen molar-refractivity contribution in [2.75, 3.05) is 25.2 Å². The van der Waals surface area contributed by atoms with Crippen LogP contribution in [0.15, 0.2) is 40.1 Å². The molecule has 7 nitrogen and oxygen atoms in total. The average Bonchev–Trinajstić information content (AvgIpc) is 2.97. The van der Waals surface area contributed by atoms with Gasteiger partial charge in [0.15, 0.2) is 5.69 Å². The summed E-state index contributed by atoms with van der Waals surface area (Å²) < 4.78 is 9.78. The standard InChI is InChI=1S/C12H13ClN4O3/c1-19-8-7-17(9-5-3-2-4-6-9)12-10(11(13)14-18)15-20-16-12/h2-6,18H,7-8H2,1H3/b14-11-. The number of hydrogen-bond acceptors (Lipinski definition) is 7. The van der Waals surface area contributed by atoms with Crippen molar-refractivity contribution in [3.05, 3.63) is 36.0 Å². The molecule has 0 saturated heterocycles. The third-order valence-corrected chi connectivity index (χ3v) is 2.85. The van der Waals surface area contributed by atoms with E-state index in [0.717, 1.165) is 5.69 Å². The SMILES string of the molecule is COCCN(c1ccccc1)c1nonc1/C(Cl)=N/O. The number of rotatable bonds is 6. The number of ether oxygens (including phenoxy) is 1. The van der Waals surface area contributed by atoms with E-state index in [2.05, 4.69) is 15.5 Å². The minimum atomic E-state index is -0.195. The molecule has 0 spiro atoms. The Balaban J connectivity index is 2.39. The van der Waals surface area contributed by atoms with E-state index >= 15 is 0 Å². The Morgan fingerprint density at radius 3 is 2.80 bits per heavy atom. The predicted octanol–water partition coefficient (Wildman–Crippen LogP) is 2.23. The fourth-order valence-corrected chi connectivity index (χ4v) is 1.81. The summed E-state index contributed by atoms with van der Waals surface area (Å²) >= 11 is 5.78. The van der Waals surface area contributed by atoms with E-state index in [-0.39, 0.29) is 10.9 Å². The summed E-state index contributed by atoms with van der Waals surface area (Å²) in [5.74, 6) is 0.357. The molecule has 20 heavy (non-hydrogen) atoms. The zero-order valence-electron chi connectivity index (χ0n) is 10.7. The Morgan fingerprint density at radius 2 is 2.15 bits per heavy atom. The van der Waals surface area contributed by atoms with Crippen molar-refractivity contribution in [2.45, 2.75) is 0 Å². The monoisotopic (exact) mass is 296 g/mol. The van der Waals surface area contributed by atoms with Crippen LogP contribution < -0.4 is 4.90 Å².